The Morgan fingerprint density at radius 2 is 1.55 bits per heavy atom. The number of benzene rings is 1. The molecule has 0 N–H and O–H groups in total. The lowest BCUT2D eigenvalue weighted by Gasteiger charge is -2.23. The van der Waals surface area contributed by atoms with Crippen molar-refractivity contribution in [2.24, 2.45) is 0 Å². The van der Waals surface area contributed by atoms with Gasteiger partial charge in [-0.3, -0.25) is 4.57 Å². The molecule has 2 rings (SSSR count). The average Bonchev–Trinajstić information content (AvgIpc) is 3.08. The molecule has 3 nitrogen and oxygen atoms in total. The smallest absolute Gasteiger partial charge is 0.306 e. The molecule has 2 atom stereocenters. The van der Waals surface area contributed by atoms with Crippen molar-refractivity contribution in [1.29, 1.82) is 0 Å². The summed E-state index contributed by atoms with van der Waals surface area (Å²) in [5.74, 6) is 0.305. The second kappa shape index (κ2) is 6.01. The Morgan fingerprint density at radius 3 is 2.00 bits per heavy atom. The first-order valence-corrected chi connectivity index (χ1v) is 8.96. The lowest BCUT2D eigenvalue weighted by Crippen LogP contribution is -2.11. The highest BCUT2D eigenvalue weighted by Gasteiger charge is 2.54. The van der Waals surface area contributed by atoms with E-state index in [0.717, 1.165) is 6.42 Å². The van der Waals surface area contributed by atoms with Gasteiger partial charge in [-0.2, -0.15) is 0 Å². The van der Waals surface area contributed by atoms with E-state index in [4.69, 9.17) is 9.05 Å². The zero-order valence-electron chi connectivity index (χ0n) is 13.0. The van der Waals surface area contributed by atoms with Gasteiger partial charge < -0.3 is 9.05 Å². The van der Waals surface area contributed by atoms with Crippen LogP contribution in [0.1, 0.15) is 51.2 Å². The summed E-state index contributed by atoms with van der Waals surface area (Å²) in [6.45, 7) is 9.68. The van der Waals surface area contributed by atoms with Crippen LogP contribution >= 0.6 is 7.60 Å². The zero-order chi connectivity index (χ0) is 14.9. The lowest BCUT2D eigenvalue weighted by molar-refractivity contribution is 0.141. The molecule has 0 bridgehead atoms. The minimum absolute atomic E-state index is 0.00926. The van der Waals surface area contributed by atoms with E-state index >= 15 is 0 Å². The summed E-state index contributed by atoms with van der Waals surface area (Å²) < 4.78 is 24.4. The van der Waals surface area contributed by atoms with Gasteiger partial charge in [0, 0.05) is 0 Å². The molecule has 0 unspecified atom stereocenters. The largest absolute Gasteiger partial charge is 0.334 e. The Kier molecular flexibility index (Phi) is 4.73. The summed E-state index contributed by atoms with van der Waals surface area (Å²) in [5.41, 5.74) is 2.49. The van der Waals surface area contributed by atoms with E-state index in [1.165, 1.54) is 11.1 Å². The molecule has 0 heterocycles. The van der Waals surface area contributed by atoms with Gasteiger partial charge in [0.25, 0.3) is 0 Å². The normalized spacial score (nSPS) is 22.6. The Balaban J connectivity index is 2.13. The Hall–Kier alpha value is -0.630. The van der Waals surface area contributed by atoms with Gasteiger partial charge in [-0.1, -0.05) is 29.8 Å². The molecule has 20 heavy (non-hydrogen) atoms. The van der Waals surface area contributed by atoms with Crippen molar-refractivity contribution in [1.82, 2.24) is 0 Å². The fourth-order valence-electron chi connectivity index (χ4n) is 2.47. The quantitative estimate of drug-likeness (QED) is 0.701. The summed E-state index contributed by atoms with van der Waals surface area (Å²) >= 11 is 0. The molecular formula is C16H25O3P. The third-order valence-corrected chi connectivity index (χ3v) is 6.20. The first-order valence-electron chi connectivity index (χ1n) is 7.35. The molecule has 0 saturated heterocycles. The second-order valence-electron chi connectivity index (χ2n) is 6.17. The van der Waals surface area contributed by atoms with Crippen molar-refractivity contribution in [3.8, 4) is 0 Å². The third-order valence-electron chi connectivity index (χ3n) is 3.38. The van der Waals surface area contributed by atoms with Gasteiger partial charge in [-0.05, 0) is 52.5 Å². The summed E-state index contributed by atoms with van der Waals surface area (Å²) in [4.78, 5) is 0. The van der Waals surface area contributed by atoms with Gasteiger partial charge in [0.1, 0.15) is 0 Å². The molecule has 1 aliphatic carbocycles. The van der Waals surface area contributed by atoms with Crippen LogP contribution in [-0.2, 0) is 13.6 Å². The number of hydrogen-bond donors (Lipinski definition) is 0. The van der Waals surface area contributed by atoms with Crippen molar-refractivity contribution in [2.45, 2.75) is 64.8 Å². The maximum absolute atomic E-state index is 13.0. The molecule has 1 aromatic rings. The predicted octanol–water partition coefficient (Wildman–Crippen LogP) is 4.89. The Bertz CT molecular complexity index is 479. The first-order chi connectivity index (χ1) is 9.32. The highest BCUT2D eigenvalue weighted by Crippen LogP contribution is 2.69. The highest BCUT2D eigenvalue weighted by molar-refractivity contribution is 7.55. The van der Waals surface area contributed by atoms with E-state index in [1.807, 2.05) is 27.7 Å². The molecule has 1 aromatic carbocycles. The second-order valence-corrected chi connectivity index (χ2v) is 8.33. The monoisotopic (exact) mass is 296 g/mol. The van der Waals surface area contributed by atoms with Gasteiger partial charge in [0.2, 0.25) is 0 Å². The van der Waals surface area contributed by atoms with E-state index in [2.05, 4.69) is 31.2 Å². The van der Waals surface area contributed by atoms with Crippen molar-refractivity contribution >= 4 is 7.60 Å². The van der Waals surface area contributed by atoms with Crippen LogP contribution in [0.15, 0.2) is 24.3 Å². The lowest BCUT2D eigenvalue weighted by atomic mass is 10.1. The van der Waals surface area contributed by atoms with Gasteiger partial charge >= 0.3 is 7.60 Å². The molecule has 4 heteroatoms. The van der Waals surface area contributed by atoms with Crippen molar-refractivity contribution in [3.05, 3.63) is 35.4 Å². The van der Waals surface area contributed by atoms with Crippen LogP contribution in [0.2, 0.25) is 0 Å². The standard InChI is InChI=1S/C16H25O3P/c1-11(2)18-20(17,19-12(3)4)16-10-15(16)14-8-6-13(5)7-9-14/h6-9,11-12,15-16H,10H2,1-5H3/t15-,16+/m1/s1. The summed E-state index contributed by atoms with van der Waals surface area (Å²) in [6.07, 6.45) is 0.720. The molecule has 0 amide bonds. The van der Waals surface area contributed by atoms with Crippen LogP contribution in [0.4, 0.5) is 0 Å². The van der Waals surface area contributed by atoms with E-state index in [-0.39, 0.29) is 17.9 Å². The van der Waals surface area contributed by atoms with E-state index in [0.29, 0.717) is 5.92 Å². The molecule has 1 aliphatic rings. The number of aryl methyl sites for hydroxylation is 1. The van der Waals surface area contributed by atoms with E-state index in [9.17, 15) is 4.57 Å². The third kappa shape index (κ3) is 3.72. The molecule has 0 radical (unpaired) electrons. The number of hydrogen-bond acceptors (Lipinski definition) is 3. The maximum atomic E-state index is 13.0. The van der Waals surface area contributed by atoms with Crippen LogP contribution in [0, 0.1) is 6.92 Å². The van der Waals surface area contributed by atoms with Crippen LogP contribution in [0.5, 0.6) is 0 Å². The molecule has 0 spiro atoms. The highest BCUT2D eigenvalue weighted by atomic mass is 31.2. The average molecular weight is 296 g/mol. The molecular weight excluding hydrogens is 271 g/mol. The van der Waals surface area contributed by atoms with E-state index in [1.54, 1.807) is 0 Å². The Morgan fingerprint density at radius 1 is 1.05 bits per heavy atom. The fraction of sp³-hybridized carbons (Fsp3) is 0.625. The SMILES string of the molecule is Cc1ccc([C@H]2C[C@@H]2P(=O)(OC(C)C)OC(C)C)cc1. The van der Waals surface area contributed by atoms with Crippen LogP contribution in [-0.4, -0.2) is 17.9 Å². The summed E-state index contributed by atoms with van der Waals surface area (Å²) in [7, 11) is -3.03. The molecule has 1 fully saturated rings. The summed E-state index contributed by atoms with van der Waals surface area (Å²) in [5, 5.41) is 0. The molecule has 0 aromatic heterocycles. The van der Waals surface area contributed by atoms with Crippen LogP contribution < -0.4 is 0 Å². The maximum Gasteiger partial charge on any atom is 0.334 e. The minimum atomic E-state index is -3.03. The minimum Gasteiger partial charge on any atom is -0.306 e. The van der Waals surface area contributed by atoms with Crippen molar-refractivity contribution in [2.75, 3.05) is 0 Å². The van der Waals surface area contributed by atoms with E-state index < -0.39 is 7.60 Å². The van der Waals surface area contributed by atoms with Crippen LogP contribution in [0.3, 0.4) is 0 Å². The molecule has 1 saturated carbocycles. The van der Waals surface area contributed by atoms with Crippen molar-refractivity contribution in [3.63, 3.8) is 0 Å². The fourth-order valence-corrected chi connectivity index (χ4v) is 5.11. The van der Waals surface area contributed by atoms with Crippen LogP contribution in [0.25, 0.3) is 0 Å². The zero-order valence-corrected chi connectivity index (χ0v) is 13.9. The van der Waals surface area contributed by atoms with Gasteiger partial charge in [-0.25, -0.2) is 0 Å². The first kappa shape index (κ1) is 15.8. The summed E-state index contributed by atoms with van der Waals surface area (Å²) in [6, 6.07) is 8.44. The topological polar surface area (TPSA) is 35.5 Å². The number of rotatable bonds is 6. The molecule has 112 valence electrons. The molecule has 0 aliphatic heterocycles. The van der Waals surface area contributed by atoms with Gasteiger partial charge in [-0.15, -0.1) is 0 Å². The van der Waals surface area contributed by atoms with Gasteiger partial charge in [0.05, 0.1) is 17.9 Å². The van der Waals surface area contributed by atoms with Gasteiger partial charge in [0.15, 0.2) is 0 Å². The Labute approximate surface area is 122 Å². The van der Waals surface area contributed by atoms with Crippen molar-refractivity contribution < 1.29 is 13.6 Å². The predicted molar refractivity (Wildman–Crippen MR) is 82.4 cm³/mol.